The average molecular weight is 336 g/mol. The van der Waals surface area contributed by atoms with Gasteiger partial charge in [0, 0.05) is 17.6 Å². The molecule has 1 atom stereocenters. The Morgan fingerprint density at radius 2 is 2.10 bits per heavy atom. The summed E-state index contributed by atoms with van der Waals surface area (Å²) in [6.45, 7) is 2.27. The highest BCUT2D eigenvalue weighted by Crippen LogP contribution is 2.25. The van der Waals surface area contributed by atoms with E-state index in [0.717, 1.165) is 0 Å². The van der Waals surface area contributed by atoms with Crippen molar-refractivity contribution in [3.63, 3.8) is 0 Å². The lowest BCUT2D eigenvalue weighted by atomic mass is 10.1. The van der Waals surface area contributed by atoms with Gasteiger partial charge in [-0.1, -0.05) is 23.2 Å². The van der Waals surface area contributed by atoms with Gasteiger partial charge >= 0.3 is 0 Å². The highest BCUT2D eigenvalue weighted by molar-refractivity contribution is 7.91. The molecule has 1 aromatic rings. The van der Waals surface area contributed by atoms with Crippen LogP contribution in [0.5, 0.6) is 0 Å². The summed E-state index contributed by atoms with van der Waals surface area (Å²) < 4.78 is 23.1. The number of rotatable bonds is 3. The maximum absolute atomic E-state index is 12.5. The van der Waals surface area contributed by atoms with Crippen LogP contribution >= 0.6 is 23.2 Å². The summed E-state index contributed by atoms with van der Waals surface area (Å²) >= 11 is 11.8. The van der Waals surface area contributed by atoms with E-state index >= 15 is 0 Å². The Bertz CT molecular complexity index is 631. The SMILES string of the molecule is CCN(C(=O)c1ccc(Cl)cc1Cl)[C@H]1CCS(=O)(=O)C1. The van der Waals surface area contributed by atoms with Crippen LogP contribution in [0.25, 0.3) is 0 Å². The first-order valence-electron chi connectivity index (χ1n) is 6.30. The van der Waals surface area contributed by atoms with Gasteiger partial charge in [-0.3, -0.25) is 4.79 Å². The van der Waals surface area contributed by atoms with Crippen molar-refractivity contribution in [2.75, 3.05) is 18.1 Å². The van der Waals surface area contributed by atoms with E-state index in [1.54, 1.807) is 17.0 Å². The molecule has 0 unspecified atom stereocenters. The molecule has 0 radical (unpaired) electrons. The summed E-state index contributed by atoms with van der Waals surface area (Å²) in [6.07, 6.45) is 0.479. The third-order valence-electron chi connectivity index (χ3n) is 3.41. The lowest BCUT2D eigenvalue weighted by Gasteiger charge is -2.27. The van der Waals surface area contributed by atoms with Crippen LogP contribution in [0.15, 0.2) is 18.2 Å². The van der Waals surface area contributed by atoms with Crippen LogP contribution in [0.1, 0.15) is 23.7 Å². The smallest absolute Gasteiger partial charge is 0.255 e. The zero-order valence-electron chi connectivity index (χ0n) is 11.0. The van der Waals surface area contributed by atoms with Gasteiger partial charge in [-0.25, -0.2) is 8.42 Å². The van der Waals surface area contributed by atoms with Crippen molar-refractivity contribution in [3.05, 3.63) is 33.8 Å². The second-order valence-electron chi connectivity index (χ2n) is 4.77. The molecule has 1 fully saturated rings. The Morgan fingerprint density at radius 1 is 1.40 bits per heavy atom. The molecule has 7 heteroatoms. The molecule has 1 aliphatic rings. The average Bonchev–Trinajstić information content (AvgIpc) is 2.70. The molecule has 1 amide bonds. The van der Waals surface area contributed by atoms with E-state index in [1.165, 1.54) is 6.07 Å². The summed E-state index contributed by atoms with van der Waals surface area (Å²) in [7, 11) is -3.03. The first-order chi connectivity index (χ1) is 9.34. The minimum Gasteiger partial charge on any atom is -0.335 e. The number of carbonyl (C=O) groups excluding carboxylic acids is 1. The summed E-state index contributed by atoms with van der Waals surface area (Å²) in [5.74, 6) is -0.0932. The number of hydrogen-bond acceptors (Lipinski definition) is 3. The lowest BCUT2D eigenvalue weighted by Crippen LogP contribution is -2.41. The molecule has 1 aromatic carbocycles. The maximum Gasteiger partial charge on any atom is 0.255 e. The Labute approximate surface area is 128 Å². The van der Waals surface area contributed by atoms with Gasteiger partial charge in [0.1, 0.15) is 0 Å². The van der Waals surface area contributed by atoms with Crippen LogP contribution in [0.4, 0.5) is 0 Å². The monoisotopic (exact) mass is 335 g/mol. The molecule has 20 heavy (non-hydrogen) atoms. The van der Waals surface area contributed by atoms with E-state index in [9.17, 15) is 13.2 Å². The lowest BCUT2D eigenvalue weighted by molar-refractivity contribution is 0.0708. The van der Waals surface area contributed by atoms with Crippen molar-refractivity contribution in [1.29, 1.82) is 0 Å². The summed E-state index contributed by atoms with van der Waals surface area (Å²) in [4.78, 5) is 14.1. The van der Waals surface area contributed by atoms with Gasteiger partial charge in [0.25, 0.3) is 5.91 Å². The van der Waals surface area contributed by atoms with Crippen molar-refractivity contribution in [2.24, 2.45) is 0 Å². The molecule has 0 saturated carbocycles. The van der Waals surface area contributed by atoms with Gasteiger partial charge < -0.3 is 4.90 Å². The van der Waals surface area contributed by atoms with Crippen LogP contribution in [-0.2, 0) is 9.84 Å². The fraction of sp³-hybridized carbons (Fsp3) is 0.462. The highest BCUT2D eigenvalue weighted by atomic mass is 35.5. The zero-order valence-corrected chi connectivity index (χ0v) is 13.3. The second-order valence-corrected chi connectivity index (χ2v) is 7.84. The molecule has 110 valence electrons. The number of halogens is 2. The molecule has 2 rings (SSSR count). The summed E-state index contributed by atoms with van der Waals surface area (Å²) in [5.41, 5.74) is 0.349. The van der Waals surface area contributed by atoms with Gasteiger partial charge in [0.05, 0.1) is 22.1 Å². The van der Waals surface area contributed by atoms with Crippen LogP contribution < -0.4 is 0 Å². The van der Waals surface area contributed by atoms with E-state index in [4.69, 9.17) is 23.2 Å². The van der Waals surface area contributed by atoms with Gasteiger partial charge in [0.15, 0.2) is 9.84 Å². The molecule has 0 aromatic heterocycles. The molecule has 0 aliphatic carbocycles. The maximum atomic E-state index is 12.5. The summed E-state index contributed by atoms with van der Waals surface area (Å²) in [5, 5.41) is 0.736. The fourth-order valence-corrected chi connectivity index (χ4v) is 4.63. The molecule has 4 nitrogen and oxygen atoms in total. The van der Waals surface area contributed by atoms with Gasteiger partial charge in [-0.2, -0.15) is 0 Å². The minimum absolute atomic E-state index is 0.0256. The van der Waals surface area contributed by atoms with Crippen molar-refractivity contribution in [3.8, 4) is 0 Å². The van der Waals surface area contributed by atoms with Crippen LogP contribution in [0.3, 0.4) is 0 Å². The number of amides is 1. The minimum atomic E-state index is -3.03. The molecule has 0 N–H and O–H groups in total. The van der Waals surface area contributed by atoms with E-state index < -0.39 is 9.84 Å². The first-order valence-corrected chi connectivity index (χ1v) is 8.88. The second kappa shape index (κ2) is 5.92. The molecule has 1 heterocycles. The van der Waals surface area contributed by atoms with Crippen molar-refractivity contribution in [2.45, 2.75) is 19.4 Å². The molecule has 0 bridgehead atoms. The third-order valence-corrected chi connectivity index (χ3v) is 5.71. The normalized spacial score (nSPS) is 20.9. The standard InChI is InChI=1S/C13H15Cl2NO3S/c1-2-16(10-5-6-20(18,19)8-10)13(17)11-4-3-9(14)7-12(11)15/h3-4,7,10H,2,5-6,8H2,1H3/t10-/m0/s1. The Hall–Kier alpha value is -0.780. The number of benzene rings is 1. The van der Waals surface area contributed by atoms with E-state index in [-0.39, 0.29) is 28.5 Å². The predicted octanol–water partition coefficient (Wildman–Crippen LogP) is 2.64. The molecule has 1 saturated heterocycles. The van der Waals surface area contributed by atoms with Crippen LogP contribution in [0, 0.1) is 0 Å². The molecular weight excluding hydrogens is 321 g/mol. The number of carbonyl (C=O) groups is 1. The first kappa shape index (κ1) is 15.6. The quantitative estimate of drug-likeness (QED) is 0.853. The number of hydrogen-bond donors (Lipinski definition) is 0. The number of nitrogens with zero attached hydrogens (tertiary/aromatic N) is 1. The van der Waals surface area contributed by atoms with Crippen molar-refractivity contribution < 1.29 is 13.2 Å². The summed E-state index contributed by atoms with van der Waals surface area (Å²) in [6, 6.07) is 4.40. The van der Waals surface area contributed by atoms with Gasteiger partial charge in [-0.15, -0.1) is 0 Å². The van der Waals surface area contributed by atoms with Crippen LogP contribution in [0.2, 0.25) is 10.0 Å². The molecule has 0 spiro atoms. The van der Waals surface area contributed by atoms with Gasteiger partial charge in [0.2, 0.25) is 0 Å². The van der Waals surface area contributed by atoms with E-state index in [0.29, 0.717) is 23.6 Å². The number of sulfone groups is 1. The van der Waals surface area contributed by atoms with E-state index in [2.05, 4.69) is 0 Å². The largest absolute Gasteiger partial charge is 0.335 e. The third kappa shape index (κ3) is 3.27. The zero-order chi connectivity index (χ0) is 14.9. The van der Waals surface area contributed by atoms with E-state index in [1.807, 2.05) is 6.92 Å². The predicted molar refractivity (Wildman–Crippen MR) is 80.2 cm³/mol. The molecule has 1 aliphatic heterocycles. The van der Waals surface area contributed by atoms with Crippen molar-refractivity contribution >= 4 is 38.9 Å². The van der Waals surface area contributed by atoms with Gasteiger partial charge in [-0.05, 0) is 31.5 Å². The Kier molecular flexibility index (Phi) is 4.62. The topological polar surface area (TPSA) is 54.5 Å². The Morgan fingerprint density at radius 3 is 2.60 bits per heavy atom. The van der Waals surface area contributed by atoms with Crippen LogP contribution in [-0.4, -0.2) is 43.3 Å². The fourth-order valence-electron chi connectivity index (χ4n) is 2.41. The van der Waals surface area contributed by atoms with Crippen molar-refractivity contribution in [1.82, 2.24) is 4.90 Å². The Balaban J connectivity index is 2.26. The molecular formula is C13H15Cl2NO3S. The highest BCUT2D eigenvalue weighted by Gasteiger charge is 2.34.